The summed E-state index contributed by atoms with van der Waals surface area (Å²) in [7, 11) is 0. The fourth-order valence-electron chi connectivity index (χ4n) is 3.21. The Bertz CT molecular complexity index is 752. The van der Waals surface area contributed by atoms with E-state index in [1.807, 2.05) is 24.3 Å². The lowest BCUT2D eigenvalue weighted by atomic mass is 10.0. The summed E-state index contributed by atoms with van der Waals surface area (Å²) in [6.45, 7) is 5.38. The van der Waals surface area contributed by atoms with Crippen molar-refractivity contribution in [3.63, 3.8) is 0 Å². The summed E-state index contributed by atoms with van der Waals surface area (Å²) in [5.41, 5.74) is 2.06. The molecule has 1 N–H and O–H groups in total. The van der Waals surface area contributed by atoms with Crippen LogP contribution in [0, 0.1) is 0 Å². The van der Waals surface area contributed by atoms with Crippen LogP contribution in [0.3, 0.4) is 0 Å². The lowest BCUT2D eigenvalue weighted by Gasteiger charge is -2.34. The molecular formula is C20H26N4OS. The second kappa shape index (κ2) is 9.03. The fourth-order valence-corrected chi connectivity index (χ4v) is 3.87. The Balaban J connectivity index is 1.57. The number of aryl methyl sites for hydroxylation is 1. The van der Waals surface area contributed by atoms with Crippen LogP contribution in [0.25, 0.3) is 0 Å². The largest absolute Gasteiger partial charge is 0.354 e. The van der Waals surface area contributed by atoms with Crippen molar-refractivity contribution >= 4 is 29.2 Å². The average Bonchev–Trinajstić information content (AvgIpc) is 2.67. The highest BCUT2D eigenvalue weighted by molar-refractivity contribution is 7.99. The lowest BCUT2D eigenvalue weighted by molar-refractivity contribution is -0.113. The van der Waals surface area contributed by atoms with Crippen molar-refractivity contribution in [1.29, 1.82) is 0 Å². The summed E-state index contributed by atoms with van der Waals surface area (Å²) in [6, 6.07) is 10.5. The normalized spacial score (nSPS) is 17.2. The number of anilines is 2. The number of hydrogen-bond acceptors (Lipinski definition) is 5. The Morgan fingerprint density at radius 3 is 3.00 bits per heavy atom. The molecule has 1 aliphatic rings. The first-order valence-corrected chi connectivity index (χ1v) is 10.2. The van der Waals surface area contributed by atoms with E-state index in [1.165, 1.54) is 36.6 Å². The van der Waals surface area contributed by atoms with E-state index in [0.717, 1.165) is 29.5 Å². The van der Waals surface area contributed by atoms with Crippen LogP contribution in [-0.2, 0) is 11.2 Å². The van der Waals surface area contributed by atoms with Gasteiger partial charge in [-0.3, -0.25) is 4.79 Å². The Labute approximate surface area is 159 Å². The summed E-state index contributed by atoms with van der Waals surface area (Å²) in [5, 5.41) is 3.80. The van der Waals surface area contributed by atoms with E-state index in [-0.39, 0.29) is 5.91 Å². The summed E-state index contributed by atoms with van der Waals surface area (Å²) in [6.07, 6.45) is 6.24. The monoisotopic (exact) mass is 370 g/mol. The zero-order valence-electron chi connectivity index (χ0n) is 15.4. The number of thioether (sulfide) groups is 1. The number of rotatable bonds is 6. The van der Waals surface area contributed by atoms with Crippen molar-refractivity contribution in [3.8, 4) is 0 Å². The van der Waals surface area contributed by atoms with E-state index in [9.17, 15) is 4.79 Å². The molecule has 2 heterocycles. The number of aromatic nitrogens is 2. The van der Waals surface area contributed by atoms with Gasteiger partial charge in [0.1, 0.15) is 17.2 Å². The second-order valence-corrected chi connectivity index (χ2v) is 7.64. The molecule has 6 heteroatoms. The van der Waals surface area contributed by atoms with E-state index in [4.69, 9.17) is 0 Å². The van der Waals surface area contributed by atoms with Crippen molar-refractivity contribution in [2.24, 2.45) is 0 Å². The van der Waals surface area contributed by atoms with Crippen LogP contribution < -0.4 is 10.2 Å². The number of nitrogens with zero attached hydrogens (tertiary/aromatic N) is 3. The van der Waals surface area contributed by atoms with Crippen molar-refractivity contribution in [3.05, 3.63) is 42.2 Å². The number of carbonyl (C=O) groups is 1. The third-order valence-electron chi connectivity index (χ3n) is 4.69. The van der Waals surface area contributed by atoms with Gasteiger partial charge in [0.05, 0.1) is 5.75 Å². The molecule has 0 radical (unpaired) electrons. The third-order valence-corrected chi connectivity index (χ3v) is 5.62. The van der Waals surface area contributed by atoms with Crippen molar-refractivity contribution in [2.75, 3.05) is 22.5 Å². The highest BCUT2D eigenvalue weighted by atomic mass is 32.2. The standard InChI is InChI=1S/C20H26N4OS/c1-3-16-8-6-9-17(11-16)23-19(25)13-26-20-12-18(21-14-22-20)24-10-5-4-7-15(24)2/h6,8-9,11-12,14-15H,3-5,7,10,13H2,1-2H3,(H,23,25). The summed E-state index contributed by atoms with van der Waals surface area (Å²) >= 11 is 1.45. The maximum atomic E-state index is 12.2. The topological polar surface area (TPSA) is 58.1 Å². The second-order valence-electron chi connectivity index (χ2n) is 6.64. The SMILES string of the molecule is CCc1cccc(NC(=O)CSc2cc(N3CCCCC3C)ncn2)c1. The third kappa shape index (κ3) is 4.97. The minimum atomic E-state index is -0.0187. The van der Waals surface area contributed by atoms with Gasteiger partial charge < -0.3 is 10.2 Å². The van der Waals surface area contributed by atoms with Crippen LogP contribution in [0.15, 0.2) is 41.7 Å². The molecule has 0 spiro atoms. The number of hydrogen-bond donors (Lipinski definition) is 1. The lowest BCUT2D eigenvalue weighted by Crippen LogP contribution is -2.38. The van der Waals surface area contributed by atoms with E-state index in [0.29, 0.717) is 11.8 Å². The molecular weight excluding hydrogens is 344 g/mol. The van der Waals surface area contributed by atoms with Crippen molar-refractivity contribution in [2.45, 2.75) is 50.6 Å². The van der Waals surface area contributed by atoms with Gasteiger partial charge in [0, 0.05) is 24.3 Å². The number of carbonyl (C=O) groups excluding carboxylic acids is 1. The molecule has 5 nitrogen and oxygen atoms in total. The van der Waals surface area contributed by atoms with E-state index in [1.54, 1.807) is 6.33 Å². The Hall–Kier alpha value is -2.08. The Morgan fingerprint density at radius 1 is 1.31 bits per heavy atom. The van der Waals surface area contributed by atoms with Crippen LogP contribution in [0.2, 0.25) is 0 Å². The molecule has 1 unspecified atom stereocenters. The molecule has 1 saturated heterocycles. The van der Waals surface area contributed by atoms with Gasteiger partial charge in [-0.1, -0.05) is 30.8 Å². The quantitative estimate of drug-likeness (QED) is 0.611. The molecule has 1 fully saturated rings. The van der Waals surface area contributed by atoms with Crippen LogP contribution in [0.4, 0.5) is 11.5 Å². The molecule has 1 aromatic carbocycles. The first kappa shape index (κ1) is 18.7. The van der Waals surface area contributed by atoms with Crippen LogP contribution in [-0.4, -0.2) is 34.2 Å². The summed E-state index contributed by atoms with van der Waals surface area (Å²) in [4.78, 5) is 23.3. The van der Waals surface area contributed by atoms with Gasteiger partial charge in [-0.05, 0) is 50.3 Å². The highest BCUT2D eigenvalue weighted by Crippen LogP contribution is 2.25. The van der Waals surface area contributed by atoms with Gasteiger partial charge in [-0.15, -0.1) is 0 Å². The number of benzene rings is 1. The molecule has 1 amide bonds. The average molecular weight is 371 g/mol. The zero-order chi connectivity index (χ0) is 18.4. The van der Waals surface area contributed by atoms with Gasteiger partial charge in [-0.2, -0.15) is 0 Å². The van der Waals surface area contributed by atoms with E-state index in [2.05, 4.69) is 40.1 Å². The van der Waals surface area contributed by atoms with E-state index < -0.39 is 0 Å². The number of amides is 1. The van der Waals surface area contributed by atoms with Crippen LogP contribution >= 0.6 is 11.8 Å². The smallest absolute Gasteiger partial charge is 0.234 e. The van der Waals surface area contributed by atoms with Crippen LogP contribution in [0.1, 0.15) is 38.7 Å². The maximum absolute atomic E-state index is 12.2. The predicted molar refractivity (Wildman–Crippen MR) is 108 cm³/mol. The molecule has 2 aromatic rings. The minimum Gasteiger partial charge on any atom is -0.354 e. The number of piperidine rings is 1. The van der Waals surface area contributed by atoms with Gasteiger partial charge in [-0.25, -0.2) is 9.97 Å². The molecule has 3 rings (SSSR count). The molecule has 1 atom stereocenters. The predicted octanol–water partition coefficient (Wildman–Crippen LogP) is 4.15. The molecule has 1 aromatic heterocycles. The number of nitrogens with one attached hydrogen (secondary N) is 1. The fraction of sp³-hybridized carbons (Fsp3) is 0.450. The molecule has 0 saturated carbocycles. The maximum Gasteiger partial charge on any atom is 0.234 e. The molecule has 26 heavy (non-hydrogen) atoms. The highest BCUT2D eigenvalue weighted by Gasteiger charge is 2.20. The van der Waals surface area contributed by atoms with Gasteiger partial charge >= 0.3 is 0 Å². The first-order valence-electron chi connectivity index (χ1n) is 9.26. The summed E-state index contributed by atoms with van der Waals surface area (Å²) < 4.78 is 0. The van der Waals surface area contributed by atoms with Gasteiger partial charge in [0.15, 0.2) is 0 Å². The molecule has 0 aliphatic carbocycles. The zero-order valence-corrected chi connectivity index (χ0v) is 16.3. The van der Waals surface area contributed by atoms with E-state index >= 15 is 0 Å². The molecule has 1 aliphatic heterocycles. The van der Waals surface area contributed by atoms with Gasteiger partial charge in [0.25, 0.3) is 0 Å². The summed E-state index contributed by atoms with van der Waals surface area (Å²) in [5.74, 6) is 1.28. The van der Waals surface area contributed by atoms with Crippen LogP contribution in [0.5, 0.6) is 0 Å². The van der Waals surface area contributed by atoms with Crippen molar-refractivity contribution in [1.82, 2.24) is 9.97 Å². The van der Waals surface area contributed by atoms with Crippen molar-refractivity contribution < 1.29 is 4.79 Å². The van der Waals surface area contributed by atoms with Gasteiger partial charge in [0.2, 0.25) is 5.91 Å². The minimum absolute atomic E-state index is 0.0187. The molecule has 138 valence electrons. The molecule has 0 bridgehead atoms. The Morgan fingerprint density at radius 2 is 2.19 bits per heavy atom. The Kier molecular flexibility index (Phi) is 6.50. The first-order chi connectivity index (χ1) is 12.7.